The normalized spacial score (nSPS) is 13.8. The van der Waals surface area contributed by atoms with Gasteiger partial charge >= 0.3 is 0 Å². The maximum atomic E-state index is 13.7. The first-order valence-electron chi connectivity index (χ1n) is 9.24. The highest BCUT2D eigenvalue weighted by Crippen LogP contribution is 2.34. The number of nitrogens with one attached hydrogen (secondary N) is 1. The Morgan fingerprint density at radius 2 is 1.93 bits per heavy atom. The summed E-state index contributed by atoms with van der Waals surface area (Å²) < 4.78 is 15.2. The number of nitrogens with zero attached hydrogens (tertiary/aromatic N) is 4. The van der Waals surface area contributed by atoms with E-state index in [0.717, 1.165) is 29.7 Å². The standard InChI is InChI=1S/C21H19FN6/c1-12-4-2-5-13(10-12)18-17-19(23)28(16-7-3-6-14(22)11-16)27-20(17)26-21(25-18)24-15-8-9-15/h2-7,10-11,15H,8-9,23H2,1H3,(H,24,26,27). The number of rotatable bonds is 4. The van der Waals surface area contributed by atoms with Crippen molar-refractivity contribution in [3.63, 3.8) is 0 Å². The summed E-state index contributed by atoms with van der Waals surface area (Å²) in [7, 11) is 0. The van der Waals surface area contributed by atoms with E-state index in [4.69, 9.17) is 10.7 Å². The first-order chi connectivity index (χ1) is 13.6. The summed E-state index contributed by atoms with van der Waals surface area (Å²) in [5, 5.41) is 8.56. The molecule has 7 heteroatoms. The fourth-order valence-electron chi connectivity index (χ4n) is 3.29. The molecule has 140 valence electrons. The average molecular weight is 374 g/mol. The van der Waals surface area contributed by atoms with Gasteiger partial charge in [0.25, 0.3) is 0 Å². The number of nitrogens with two attached hydrogens (primary N) is 1. The molecular weight excluding hydrogens is 355 g/mol. The monoisotopic (exact) mass is 374 g/mol. The van der Waals surface area contributed by atoms with Gasteiger partial charge in [-0.1, -0.05) is 29.8 Å². The fourth-order valence-corrected chi connectivity index (χ4v) is 3.29. The average Bonchev–Trinajstić information content (AvgIpc) is 3.43. The molecule has 1 aliphatic rings. The number of hydrogen-bond donors (Lipinski definition) is 2. The molecule has 0 amide bonds. The molecule has 0 spiro atoms. The lowest BCUT2D eigenvalue weighted by molar-refractivity contribution is 0.625. The molecular formula is C21H19FN6. The Balaban J connectivity index is 1.76. The third-order valence-corrected chi connectivity index (χ3v) is 4.82. The number of aryl methyl sites for hydroxylation is 1. The third kappa shape index (κ3) is 2.94. The van der Waals surface area contributed by atoms with Crippen molar-refractivity contribution in [3.05, 3.63) is 59.9 Å². The SMILES string of the molecule is Cc1cccc(-c2nc(NC3CC3)nc3nn(-c4cccc(F)c4)c(N)c23)c1. The molecule has 28 heavy (non-hydrogen) atoms. The molecule has 1 aliphatic carbocycles. The van der Waals surface area contributed by atoms with Gasteiger partial charge in [0, 0.05) is 11.6 Å². The van der Waals surface area contributed by atoms with Gasteiger partial charge in [0.15, 0.2) is 5.65 Å². The van der Waals surface area contributed by atoms with Gasteiger partial charge in [0.05, 0.1) is 16.8 Å². The Hall–Kier alpha value is -3.48. The lowest BCUT2D eigenvalue weighted by Gasteiger charge is -2.08. The second-order valence-corrected chi connectivity index (χ2v) is 7.16. The zero-order valence-corrected chi connectivity index (χ0v) is 15.4. The van der Waals surface area contributed by atoms with Crippen LogP contribution < -0.4 is 11.1 Å². The van der Waals surface area contributed by atoms with Crippen molar-refractivity contribution in [2.75, 3.05) is 11.1 Å². The summed E-state index contributed by atoms with van der Waals surface area (Å²) in [6, 6.07) is 14.6. The highest BCUT2D eigenvalue weighted by Gasteiger charge is 2.24. The molecule has 0 atom stereocenters. The van der Waals surface area contributed by atoms with Crippen molar-refractivity contribution in [2.45, 2.75) is 25.8 Å². The van der Waals surface area contributed by atoms with E-state index in [2.05, 4.69) is 21.5 Å². The van der Waals surface area contributed by atoms with Crippen molar-refractivity contribution >= 4 is 22.8 Å². The summed E-state index contributed by atoms with van der Waals surface area (Å²) in [4.78, 5) is 9.31. The first kappa shape index (κ1) is 16.7. The first-order valence-corrected chi connectivity index (χ1v) is 9.24. The summed E-state index contributed by atoms with van der Waals surface area (Å²) in [6.45, 7) is 2.03. The zero-order chi connectivity index (χ0) is 19.3. The summed E-state index contributed by atoms with van der Waals surface area (Å²) in [6.07, 6.45) is 2.22. The number of benzene rings is 2. The van der Waals surface area contributed by atoms with Crippen LogP contribution in [0.3, 0.4) is 0 Å². The van der Waals surface area contributed by atoms with Crippen LogP contribution in [-0.4, -0.2) is 25.8 Å². The minimum Gasteiger partial charge on any atom is -0.383 e. The number of hydrogen-bond acceptors (Lipinski definition) is 5. The van der Waals surface area contributed by atoms with Crippen molar-refractivity contribution < 1.29 is 4.39 Å². The lowest BCUT2D eigenvalue weighted by Crippen LogP contribution is -2.06. The van der Waals surface area contributed by atoms with Crippen LogP contribution in [-0.2, 0) is 0 Å². The summed E-state index contributed by atoms with van der Waals surface area (Å²) in [5.74, 6) is 0.572. The van der Waals surface area contributed by atoms with Gasteiger partial charge < -0.3 is 11.1 Å². The maximum Gasteiger partial charge on any atom is 0.225 e. The van der Waals surface area contributed by atoms with E-state index in [9.17, 15) is 4.39 Å². The van der Waals surface area contributed by atoms with Gasteiger partial charge in [0.2, 0.25) is 5.95 Å². The number of nitrogen functional groups attached to an aromatic ring is 1. The maximum absolute atomic E-state index is 13.7. The number of fused-ring (bicyclic) bond motifs is 1. The molecule has 4 aromatic rings. The van der Waals surface area contributed by atoms with Gasteiger partial charge in [-0.3, -0.25) is 0 Å². The topological polar surface area (TPSA) is 81.7 Å². The smallest absolute Gasteiger partial charge is 0.225 e. The predicted octanol–water partition coefficient (Wildman–Crippen LogP) is 4.09. The number of aromatic nitrogens is 4. The van der Waals surface area contributed by atoms with Crippen molar-refractivity contribution in [1.82, 2.24) is 19.7 Å². The largest absolute Gasteiger partial charge is 0.383 e. The molecule has 1 saturated carbocycles. The quantitative estimate of drug-likeness (QED) is 0.562. The zero-order valence-electron chi connectivity index (χ0n) is 15.4. The van der Waals surface area contributed by atoms with E-state index in [0.29, 0.717) is 34.5 Å². The fraction of sp³-hybridized carbons (Fsp3) is 0.190. The molecule has 0 unspecified atom stereocenters. The molecule has 0 saturated heterocycles. The van der Waals surface area contributed by atoms with Gasteiger partial charge in [-0.25, -0.2) is 14.1 Å². The van der Waals surface area contributed by atoms with Gasteiger partial charge in [-0.2, -0.15) is 4.98 Å². The minimum absolute atomic E-state index is 0.350. The van der Waals surface area contributed by atoms with E-state index >= 15 is 0 Å². The molecule has 3 N–H and O–H groups in total. The van der Waals surface area contributed by atoms with Gasteiger partial charge in [-0.05, 0) is 44.0 Å². The van der Waals surface area contributed by atoms with Crippen LogP contribution in [0.4, 0.5) is 16.2 Å². The number of halogens is 1. The van der Waals surface area contributed by atoms with Gasteiger partial charge in [-0.15, -0.1) is 5.10 Å². The van der Waals surface area contributed by atoms with Crippen LogP contribution in [0.2, 0.25) is 0 Å². The second-order valence-electron chi connectivity index (χ2n) is 7.16. The lowest BCUT2D eigenvalue weighted by atomic mass is 10.1. The van der Waals surface area contributed by atoms with E-state index in [-0.39, 0.29) is 5.82 Å². The van der Waals surface area contributed by atoms with Crippen LogP contribution in [0.25, 0.3) is 28.0 Å². The van der Waals surface area contributed by atoms with Crippen molar-refractivity contribution in [2.24, 2.45) is 0 Å². The highest BCUT2D eigenvalue weighted by molar-refractivity contribution is 5.99. The van der Waals surface area contributed by atoms with E-state index in [1.54, 1.807) is 12.1 Å². The van der Waals surface area contributed by atoms with E-state index < -0.39 is 0 Å². The molecule has 2 heterocycles. The molecule has 2 aromatic heterocycles. The Morgan fingerprint density at radius 3 is 2.68 bits per heavy atom. The molecule has 0 aliphatic heterocycles. The molecule has 2 aromatic carbocycles. The highest BCUT2D eigenvalue weighted by atomic mass is 19.1. The van der Waals surface area contributed by atoms with Crippen molar-refractivity contribution in [3.8, 4) is 16.9 Å². The van der Waals surface area contributed by atoms with E-state index in [1.165, 1.54) is 16.8 Å². The Bertz CT molecular complexity index is 1190. The molecule has 0 radical (unpaired) electrons. The summed E-state index contributed by atoms with van der Waals surface area (Å²) >= 11 is 0. The third-order valence-electron chi connectivity index (χ3n) is 4.82. The Kier molecular flexibility index (Phi) is 3.75. The number of anilines is 2. The predicted molar refractivity (Wildman–Crippen MR) is 108 cm³/mol. The van der Waals surface area contributed by atoms with Crippen LogP contribution in [0.5, 0.6) is 0 Å². The Labute approximate surface area is 161 Å². The van der Waals surface area contributed by atoms with Crippen molar-refractivity contribution in [1.29, 1.82) is 0 Å². The minimum atomic E-state index is -0.350. The van der Waals surface area contributed by atoms with Crippen LogP contribution in [0, 0.1) is 12.7 Å². The van der Waals surface area contributed by atoms with Gasteiger partial charge in [0.1, 0.15) is 11.6 Å². The summed E-state index contributed by atoms with van der Waals surface area (Å²) in [5.41, 5.74) is 10.2. The molecule has 6 nitrogen and oxygen atoms in total. The van der Waals surface area contributed by atoms with Crippen LogP contribution in [0.1, 0.15) is 18.4 Å². The molecule has 5 rings (SSSR count). The second kappa shape index (κ2) is 6.30. The van der Waals surface area contributed by atoms with Crippen LogP contribution >= 0.6 is 0 Å². The van der Waals surface area contributed by atoms with Crippen LogP contribution in [0.15, 0.2) is 48.5 Å². The molecule has 0 bridgehead atoms. The molecule has 1 fully saturated rings. The Morgan fingerprint density at radius 1 is 1.11 bits per heavy atom. The van der Waals surface area contributed by atoms with E-state index in [1.807, 2.05) is 25.1 Å².